The van der Waals surface area contributed by atoms with Crippen LogP contribution in [-0.2, 0) is 9.53 Å². The maximum Gasteiger partial charge on any atom is 0.291 e. The van der Waals surface area contributed by atoms with Crippen LogP contribution in [0.3, 0.4) is 0 Å². The number of morpholine rings is 1. The van der Waals surface area contributed by atoms with E-state index in [1.54, 1.807) is 35.2 Å². The molecule has 3 aromatic rings. The summed E-state index contributed by atoms with van der Waals surface area (Å²) in [5.74, 6) is 0.794. The van der Waals surface area contributed by atoms with Gasteiger partial charge < -0.3 is 33.6 Å². The van der Waals surface area contributed by atoms with Crippen LogP contribution in [0.5, 0.6) is 17.2 Å². The highest BCUT2D eigenvalue weighted by Gasteiger charge is 2.27. The summed E-state index contributed by atoms with van der Waals surface area (Å²) in [5, 5.41) is 3.46. The normalized spacial score (nSPS) is 13.8. The van der Waals surface area contributed by atoms with Crippen molar-refractivity contribution in [3.8, 4) is 17.2 Å². The fourth-order valence-electron chi connectivity index (χ4n) is 3.76. The Morgan fingerprint density at radius 2 is 1.68 bits per heavy atom. The Morgan fingerprint density at radius 1 is 1.00 bits per heavy atom. The zero-order chi connectivity index (χ0) is 24.1. The summed E-state index contributed by atoms with van der Waals surface area (Å²) in [6.07, 6.45) is 2.98. The third-order valence-electron chi connectivity index (χ3n) is 5.45. The van der Waals surface area contributed by atoms with Crippen molar-refractivity contribution < 1.29 is 33.0 Å². The smallest absolute Gasteiger partial charge is 0.291 e. The molecule has 34 heavy (non-hydrogen) atoms. The van der Waals surface area contributed by atoms with Gasteiger partial charge in [-0.25, -0.2) is 0 Å². The molecule has 0 aliphatic carbocycles. The van der Waals surface area contributed by atoms with Crippen molar-refractivity contribution in [3.63, 3.8) is 0 Å². The van der Waals surface area contributed by atoms with Gasteiger partial charge in [0.1, 0.15) is 11.3 Å². The number of furan rings is 1. The van der Waals surface area contributed by atoms with Crippen LogP contribution in [0.4, 0.5) is 5.69 Å². The van der Waals surface area contributed by atoms with Gasteiger partial charge in [0.25, 0.3) is 5.91 Å². The van der Waals surface area contributed by atoms with Crippen LogP contribution in [0, 0.1) is 0 Å². The van der Waals surface area contributed by atoms with Crippen molar-refractivity contribution in [2.24, 2.45) is 0 Å². The summed E-state index contributed by atoms with van der Waals surface area (Å²) >= 11 is 0. The first-order valence-electron chi connectivity index (χ1n) is 10.7. The van der Waals surface area contributed by atoms with Gasteiger partial charge >= 0.3 is 0 Å². The minimum atomic E-state index is -0.420. The fraction of sp³-hybridized carbons (Fsp3) is 0.280. The lowest BCUT2D eigenvalue weighted by Gasteiger charge is -2.26. The number of hydrogen-bond donors (Lipinski definition) is 1. The minimum absolute atomic E-state index is 0.0950. The molecule has 1 N–H and O–H groups in total. The second-order valence-electron chi connectivity index (χ2n) is 7.49. The molecule has 0 radical (unpaired) electrons. The molecule has 2 aromatic carbocycles. The van der Waals surface area contributed by atoms with Crippen LogP contribution in [-0.4, -0.2) is 64.3 Å². The molecule has 9 heteroatoms. The number of benzene rings is 2. The number of anilines is 1. The number of fused-ring (bicyclic) bond motifs is 1. The van der Waals surface area contributed by atoms with E-state index in [0.29, 0.717) is 65.8 Å². The molecular formula is C25H26N2O7. The van der Waals surface area contributed by atoms with E-state index in [-0.39, 0.29) is 11.7 Å². The quantitative estimate of drug-likeness (QED) is 0.531. The van der Waals surface area contributed by atoms with Crippen LogP contribution in [0.15, 0.2) is 46.9 Å². The molecule has 1 aliphatic heterocycles. The van der Waals surface area contributed by atoms with E-state index in [1.165, 1.54) is 27.4 Å². The van der Waals surface area contributed by atoms with E-state index < -0.39 is 5.91 Å². The van der Waals surface area contributed by atoms with Crippen molar-refractivity contribution in [1.29, 1.82) is 0 Å². The Bertz CT molecular complexity index is 1200. The van der Waals surface area contributed by atoms with Crippen molar-refractivity contribution in [1.82, 2.24) is 4.90 Å². The molecular weight excluding hydrogens is 440 g/mol. The summed E-state index contributed by atoms with van der Waals surface area (Å²) in [5.41, 5.74) is 1.53. The van der Waals surface area contributed by atoms with E-state index in [2.05, 4.69) is 5.32 Å². The molecule has 1 saturated heterocycles. The SMILES string of the molecule is COc1cc(/C=C/C(=O)Nc2c(C(=O)N3CCOCC3)oc3ccccc23)cc(OC)c1OC. The van der Waals surface area contributed by atoms with Crippen LogP contribution >= 0.6 is 0 Å². The standard InChI is InChI=1S/C25H26N2O7/c1-30-19-14-16(15-20(31-2)23(19)32-3)8-9-21(28)26-22-17-6-4-5-7-18(17)34-24(22)25(29)27-10-12-33-13-11-27/h4-9,14-15H,10-13H2,1-3H3,(H,26,28)/b9-8+. The van der Waals surface area contributed by atoms with Gasteiger partial charge in [0.05, 0.1) is 34.5 Å². The lowest BCUT2D eigenvalue weighted by molar-refractivity contribution is -0.111. The highest BCUT2D eigenvalue weighted by molar-refractivity contribution is 6.13. The molecule has 178 valence electrons. The van der Waals surface area contributed by atoms with Crippen molar-refractivity contribution in [2.45, 2.75) is 0 Å². The van der Waals surface area contributed by atoms with E-state index in [4.69, 9.17) is 23.4 Å². The maximum atomic E-state index is 13.1. The van der Waals surface area contributed by atoms with Gasteiger partial charge in [0.2, 0.25) is 17.4 Å². The van der Waals surface area contributed by atoms with E-state index >= 15 is 0 Å². The van der Waals surface area contributed by atoms with Crippen LogP contribution < -0.4 is 19.5 Å². The topological polar surface area (TPSA) is 99.5 Å². The number of carbonyl (C=O) groups excluding carboxylic acids is 2. The zero-order valence-corrected chi connectivity index (χ0v) is 19.3. The predicted octanol–water partition coefficient (Wildman–Crippen LogP) is 3.58. The Balaban J connectivity index is 1.61. The van der Waals surface area contributed by atoms with Gasteiger partial charge in [-0.05, 0) is 35.9 Å². The lowest BCUT2D eigenvalue weighted by atomic mass is 10.1. The summed E-state index contributed by atoms with van der Waals surface area (Å²) in [4.78, 5) is 27.6. The van der Waals surface area contributed by atoms with Crippen LogP contribution in [0.2, 0.25) is 0 Å². The molecule has 2 heterocycles. The molecule has 1 fully saturated rings. The van der Waals surface area contributed by atoms with Gasteiger partial charge in [-0.1, -0.05) is 12.1 Å². The fourth-order valence-corrected chi connectivity index (χ4v) is 3.76. The molecule has 4 rings (SSSR count). The number of hydrogen-bond acceptors (Lipinski definition) is 7. The van der Waals surface area contributed by atoms with Crippen LogP contribution in [0.1, 0.15) is 16.1 Å². The second-order valence-corrected chi connectivity index (χ2v) is 7.49. The first-order chi connectivity index (χ1) is 16.5. The Kier molecular flexibility index (Phi) is 7.03. The lowest BCUT2D eigenvalue weighted by Crippen LogP contribution is -2.40. The van der Waals surface area contributed by atoms with Gasteiger partial charge in [-0.3, -0.25) is 9.59 Å². The van der Waals surface area contributed by atoms with Gasteiger partial charge in [-0.2, -0.15) is 0 Å². The number of rotatable bonds is 7. The Labute approximate surface area is 196 Å². The highest BCUT2D eigenvalue weighted by atomic mass is 16.5. The molecule has 9 nitrogen and oxygen atoms in total. The average Bonchev–Trinajstić information content (AvgIpc) is 3.24. The van der Waals surface area contributed by atoms with Crippen molar-refractivity contribution in [2.75, 3.05) is 52.9 Å². The second kappa shape index (κ2) is 10.3. The number of nitrogens with zero attached hydrogens (tertiary/aromatic N) is 1. The molecule has 0 bridgehead atoms. The van der Waals surface area contributed by atoms with Crippen molar-refractivity contribution in [3.05, 3.63) is 53.8 Å². The zero-order valence-electron chi connectivity index (χ0n) is 19.3. The van der Waals surface area contributed by atoms with Gasteiger partial charge in [0.15, 0.2) is 11.5 Å². The molecule has 1 aromatic heterocycles. The van der Waals surface area contributed by atoms with Gasteiger partial charge in [0, 0.05) is 24.6 Å². The minimum Gasteiger partial charge on any atom is -0.493 e. The molecule has 0 spiro atoms. The van der Waals surface area contributed by atoms with Crippen LogP contribution in [0.25, 0.3) is 17.0 Å². The molecule has 1 aliphatic rings. The van der Waals surface area contributed by atoms with Gasteiger partial charge in [-0.15, -0.1) is 0 Å². The Hall–Kier alpha value is -3.98. The maximum absolute atomic E-state index is 13.1. The number of carbonyl (C=O) groups is 2. The summed E-state index contributed by atoms with van der Waals surface area (Å²) < 4.78 is 27.2. The van der Waals surface area contributed by atoms with E-state index in [0.717, 1.165) is 0 Å². The molecule has 2 amide bonds. The molecule has 0 atom stereocenters. The summed E-state index contributed by atoms with van der Waals surface area (Å²) in [6.45, 7) is 1.85. The van der Waals surface area contributed by atoms with E-state index in [1.807, 2.05) is 12.1 Å². The first kappa shape index (κ1) is 23.2. The number of para-hydroxylation sites is 1. The van der Waals surface area contributed by atoms with Crippen molar-refractivity contribution >= 4 is 34.5 Å². The molecule has 0 unspecified atom stereocenters. The number of ether oxygens (including phenoxy) is 4. The number of amides is 2. The third kappa shape index (κ3) is 4.69. The largest absolute Gasteiger partial charge is 0.493 e. The number of nitrogens with one attached hydrogen (secondary N) is 1. The monoisotopic (exact) mass is 466 g/mol. The highest BCUT2D eigenvalue weighted by Crippen LogP contribution is 2.38. The Morgan fingerprint density at radius 3 is 2.32 bits per heavy atom. The predicted molar refractivity (Wildman–Crippen MR) is 127 cm³/mol. The summed E-state index contributed by atoms with van der Waals surface area (Å²) in [6, 6.07) is 10.6. The number of methoxy groups -OCH3 is 3. The third-order valence-corrected chi connectivity index (χ3v) is 5.45. The van der Waals surface area contributed by atoms with E-state index in [9.17, 15) is 9.59 Å². The average molecular weight is 466 g/mol. The molecule has 0 saturated carbocycles. The first-order valence-corrected chi connectivity index (χ1v) is 10.7. The summed E-state index contributed by atoms with van der Waals surface area (Å²) in [7, 11) is 4.57.